The molecule has 168 valence electrons. The summed E-state index contributed by atoms with van der Waals surface area (Å²) < 4.78 is 39.9. The molecule has 0 saturated carbocycles. The van der Waals surface area contributed by atoms with Crippen molar-refractivity contribution >= 4 is 17.5 Å². The predicted molar refractivity (Wildman–Crippen MR) is 122 cm³/mol. The van der Waals surface area contributed by atoms with Crippen LogP contribution in [0, 0.1) is 0 Å². The highest BCUT2D eigenvalue weighted by atomic mass is 32.2. The van der Waals surface area contributed by atoms with E-state index in [1.165, 1.54) is 24.2 Å². The van der Waals surface area contributed by atoms with Crippen LogP contribution in [0.4, 0.5) is 13.2 Å². The molecule has 0 aliphatic rings. The largest absolute Gasteiger partial charge is 0.417 e. The van der Waals surface area contributed by atoms with Crippen molar-refractivity contribution in [3.63, 3.8) is 0 Å². The molecule has 4 nitrogen and oxygen atoms in total. The Kier molecular flexibility index (Phi) is 13.9. The molecule has 0 fully saturated rings. The van der Waals surface area contributed by atoms with Crippen molar-refractivity contribution in [2.24, 2.45) is 11.6 Å². The van der Waals surface area contributed by atoms with Crippen LogP contribution in [0.2, 0.25) is 0 Å². The molecule has 0 aliphatic carbocycles. The smallest absolute Gasteiger partial charge is 0.333 e. The van der Waals surface area contributed by atoms with Crippen LogP contribution in [0.25, 0.3) is 5.70 Å². The quantitative estimate of drug-likeness (QED) is 0.280. The second-order valence-electron chi connectivity index (χ2n) is 5.66. The predicted octanol–water partition coefficient (Wildman–Crippen LogP) is 5.66. The average molecular weight is 443 g/mol. The summed E-state index contributed by atoms with van der Waals surface area (Å²) in [6.07, 6.45) is -3.43. The Morgan fingerprint density at radius 3 is 2.20 bits per heavy atom. The van der Waals surface area contributed by atoms with E-state index in [0.717, 1.165) is 28.7 Å². The fourth-order valence-corrected chi connectivity index (χ4v) is 3.42. The first-order valence-corrected chi connectivity index (χ1v) is 10.7. The minimum absolute atomic E-state index is 0.00311. The molecule has 2 aromatic carbocycles. The summed E-state index contributed by atoms with van der Waals surface area (Å²) in [5.41, 5.74) is 7.36. The fraction of sp³-hybridized carbons (Fsp3) is 0.364. The van der Waals surface area contributed by atoms with E-state index in [9.17, 15) is 13.2 Å². The van der Waals surface area contributed by atoms with Gasteiger partial charge in [0.2, 0.25) is 0 Å². The normalized spacial score (nSPS) is 10.3. The summed E-state index contributed by atoms with van der Waals surface area (Å²) in [5, 5.41) is 1.43. The lowest BCUT2D eigenvalue weighted by Crippen LogP contribution is -2.41. The van der Waals surface area contributed by atoms with Gasteiger partial charge in [-0.05, 0) is 36.9 Å². The Balaban J connectivity index is 0.00000198. The van der Waals surface area contributed by atoms with E-state index in [2.05, 4.69) is 24.8 Å². The van der Waals surface area contributed by atoms with Crippen LogP contribution in [-0.4, -0.2) is 17.8 Å². The zero-order chi connectivity index (χ0) is 23.2. The number of halogens is 3. The number of thioether (sulfide) groups is 1. The lowest BCUT2D eigenvalue weighted by Gasteiger charge is -2.27. The number of rotatable bonds is 8. The maximum Gasteiger partial charge on any atom is 0.417 e. The van der Waals surface area contributed by atoms with Gasteiger partial charge in [0, 0.05) is 10.5 Å². The lowest BCUT2D eigenvalue weighted by molar-refractivity contribution is -0.137. The summed E-state index contributed by atoms with van der Waals surface area (Å²) in [5.74, 6) is 6.56. The summed E-state index contributed by atoms with van der Waals surface area (Å²) in [4.78, 5) is 1.08. The first-order valence-electron chi connectivity index (χ1n) is 9.76. The van der Waals surface area contributed by atoms with Crippen LogP contribution in [0.5, 0.6) is 0 Å². The molecule has 0 radical (unpaired) electrons. The molecule has 2 rings (SSSR count). The Labute approximate surface area is 182 Å². The van der Waals surface area contributed by atoms with E-state index >= 15 is 0 Å². The maximum absolute atomic E-state index is 13.3. The lowest BCUT2D eigenvalue weighted by atomic mass is 10.0. The van der Waals surface area contributed by atoms with Crippen LogP contribution in [0.15, 0.2) is 60.0 Å². The van der Waals surface area contributed by atoms with Crippen LogP contribution in [0.1, 0.15) is 43.9 Å². The Morgan fingerprint density at radius 2 is 1.63 bits per heavy atom. The fourth-order valence-electron chi connectivity index (χ4n) is 2.50. The van der Waals surface area contributed by atoms with E-state index in [1.807, 2.05) is 38.1 Å². The minimum Gasteiger partial charge on any atom is -0.333 e. The third-order valence-electron chi connectivity index (χ3n) is 3.79. The van der Waals surface area contributed by atoms with E-state index < -0.39 is 11.7 Å². The average Bonchev–Trinajstić information content (AvgIpc) is 2.78. The van der Waals surface area contributed by atoms with Crippen molar-refractivity contribution in [2.45, 2.75) is 44.8 Å². The monoisotopic (exact) mass is 442 g/mol. The number of hydrogen-bond donors (Lipinski definition) is 3. The van der Waals surface area contributed by atoms with Crippen LogP contribution in [-0.2, 0) is 12.7 Å². The van der Waals surface area contributed by atoms with Gasteiger partial charge in [0.1, 0.15) is 0 Å². The van der Waals surface area contributed by atoms with Crippen molar-refractivity contribution in [2.75, 3.05) is 12.8 Å². The zero-order valence-electron chi connectivity index (χ0n) is 18.1. The van der Waals surface area contributed by atoms with Gasteiger partial charge in [-0.1, -0.05) is 63.7 Å². The van der Waals surface area contributed by atoms with E-state index in [4.69, 9.17) is 5.84 Å². The second kappa shape index (κ2) is 14.9. The standard InChI is InChI=1S/C19H22F3N3S.C2H6.CH5N/c1-3-12-26-18-11-7-4-8-15(18)13-25(24-23)14(2)16-9-5-6-10-17(16)19(20,21)22;2*1-2/h4-11,24H,2-3,12-13,23H2,1H3;1-2H3;2H2,1H3. The first kappa shape index (κ1) is 28.0. The molecule has 30 heavy (non-hydrogen) atoms. The summed E-state index contributed by atoms with van der Waals surface area (Å²) in [6, 6.07) is 13.1. The SMILES string of the molecule is C=C(c1ccccc1C(F)(F)F)N(Cc1ccccc1SCCC)NN.CC.CN. The maximum atomic E-state index is 13.3. The Morgan fingerprint density at radius 1 is 1.07 bits per heavy atom. The van der Waals surface area contributed by atoms with Gasteiger partial charge < -0.3 is 5.73 Å². The molecule has 5 N–H and O–H groups in total. The molecule has 0 spiro atoms. The number of nitrogens with zero attached hydrogens (tertiary/aromatic N) is 1. The topological polar surface area (TPSA) is 67.3 Å². The third kappa shape index (κ3) is 8.39. The number of alkyl halides is 3. The van der Waals surface area contributed by atoms with Gasteiger partial charge in [0.05, 0.1) is 17.8 Å². The van der Waals surface area contributed by atoms with Crippen molar-refractivity contribution < 1.29 is 13.2 Å². The van der Waals surface area contributed by atoms with Gasteiger partial charge in [0.25, 0.3) is 0 Å². The Bertz CT molecular complexity index is 751. The number of benzene rings is 2. The molecule has 0 heterocycles. The highest BCUT2D eigenvalue weighted by molar-refractivity contribution is 7.99. The van der Waals surface area contributed by atoms with Crippen molar-refractivity contribution in [1.29, 1.82) is 0 Å². The van der Waals surface area contributed by atoms with Crippen molar-refractivity contribution in [3.05, 3.63) is 71.8 Å². The Hall–Kier alpha value is -2.00. The molecule has 0 saturated heterocycles. The third-order valence-corrected chi connectivity index (χ3v) is 5.11. The van der Waals surface area contributed by atoms with Gasteiger partial charge in [0.15, 0.2) is 0 Å². The molecule has 0 aromatic heterocycles. The summed E-state index contributed by atoms with van der Waals surface area (Å²) >= 11 is 1.71. The van der Waals surface area contributed by atoms with Gasteiger partial charge >= 0.3 is 6.18 Å². The second-order valence-corrected chi connectivity index (χ2v) is 6.80. The first-order chi connectivity index (χ1) is 14.4. The number of nitrogens with two attached hydrogens (primary N) is 2. The number of nitrogens with one attached hydrogen (secondary N) is 1. The molecule has 8 heteroatoms. The van der Waals surface area contributed by atoms with Gasteiger partial charge in [-0.3, -0.25) is 10.9 Å². The van der Waals surface area contributed by atoms with Crippen molar-refractivity contribution in [1.82, 2.24) is 10.5 Å². The highest BCUT2D eigenvalue weighted by Crippen LogP contribution is 2.35. The molecule has 0 unspecified atom stereocenters. The van der Waals surface area contributed by atoms with Gasteiger partial charge in [-0.2, -0.15) is 18.7 Å². The molecule has 0 aliphatic heterocycles. The molecule has 0 bridgehead atoms. The number of hydrogen-bond acceptors (Lipinski definition) is 5. The van der Waals surface area contributed by atoms with Crippen LogP contribution in [0.3, 0.4) is 0 Å². The van der Waals surface area contributed by atoms with Crippen molar-refractivity contribution in [3.8, 4) is 0 Å². The summed E-state index contributed by atoms with van der Waals surface area (Å²) in [6.45, 7) is 10.2. The van der Waals surface area contributed by atoms with Gasteiger partial charge in [-0.15, -0.1) is 11.8 Å². The summed E-state index contributed by atoms with van der Waals surface area (Å²) in [7, 11) is 1.50. The van der Waals surface area contributed by atoms with E-state index in [0.29, 0.717) is 6.54 Å². The van der Waals surface area contributed by atoms with Gasteiger partial charge in [-0.25, -0.2) is 0 Å². The van der Waals surface area contributed by atoms with E-state index in [-0.39, 0.29) is 11.3 Å². The van der Waals surface area contributed by atoms with E-state index in [1.54, 1.807) is 17.8 Å². The number of hydrazine groups is 2. The molecule has 0 atom stereocenters. The minimum atomic E-state index is -4.46. The molecular weight excluding hydrogens is 409 g/mol. The zero-order valence-corrected chi connectivity index (χ0v) is 18.9. The molecule has 2 aromatic rings. The van der Waals surface area contributed by atoms with Crippen LogP contribution >= 0.6 is 11.8 Å². The highest BCUT2D eigenvalue weighted by Gasteiger charge is 2.34. The molecular formula is C22H33F3N4S. The molecule has 0 amide bonds. The van der Waals surface area contributed by atoms with Crippen LogP contribution < -0.4 is 17.1 Å².